The Labute approximate surface area is 381 Å². The summed E-state index contributed by atoms with van der Waals surface area (Å²) in [6.45, 7) is 4.23. The lowest BCUT2D eigenvalue weighted by Gasteiger charge is -2.35. The fraction of sp³-hybridized carbons (Fsp3) is 0.0526. The quantitative estimate of drug-likeness (QED) is 0.155. The summed E-state index contributed by atoms with van der Waals surface area (Å²) >= 11 is 0. The molecule has 9 nitrogen and oxygen atoms in total. The molecule has 2 aromatic heterocycles. The molecule has 0 amide bonds. The maximum Gasteiger partial charge on any atom is 0.239 e. The molecule has 10 aromatic rings. The van der Waals surface area contributed by atoms with Gasteiger partial charge in [-0.1, -0.05) is 164 Å². The molecular weight excluding hydrogens is 815 g/mol. The zero-order valence-corrected chi connectivity index (χ0v) is 36.0. The van der Waals surface area contributed by atoms with Gasteiger partial charge in [0.25, 0.3) is 0 Å². The maximum atomic E-state index is 6.79. The Morgan fingerprint density at radius 1 is 0.348 bits per heavy atom. The van der Waals surface area contributed by atoms with E-state index in [4.69, 9.17) is 39.4 Å². The number of para-hydroxylation sites is 4. The molecule has 66 heavy (non-hydrogen) atoms. The second kappa shape index (κ2) is 15.8. The van der Waals surface area contributed by atoms with Gasteiger partial charge in [0.1, 0.15) is 11.4 Å². The van der Waals surface area contributed by atoms with Crippen molar-refractivity contribution in [1.82, 2.24) is 29.9 Å². The molecule has 0 saturated heterocycles. The van der Waals surface area contributed by atoms with Crippen LogP contribution in [0.4, 0.5) is 17.3 Å². The van der Waals surface area contributed by atoms with Gasteiger partial charge < -0.3 is 9.47 Å². The summed E-state index contributed by atoms with van der Waals surface area (Å²) in [4.78, 5) is 33.2. The van der Waals surface area contributed by atoms with Crippen molar-refractivity contribution in [2.75, 3.05) is 4.90 Å². The average Bonchev–Trinajstić information content (AvgIpc) is 3.38. The molecule has 0 fully saturated rings. The summed E-state index contributed by atoms with van der Waals surface area (Å²) in [5, 5.41) is 0. The van der Waals surface area contributed by atoms with E-state index in [-0.39, 0.29) is 0 Å². The fourth-order valence-corrected chi connectivity index (χ4v) is 8.85. The van der Waals surface area contributed by atoms with Gasteiger partial charge in [0.05, 0.1) is 11.4 Å². The van der Waals surface area contributed by atoms with E-state index in [1.165, 1.54) is 0 Å². The van der Waals surface area contributed by atoms with Gasteiger partial charge in [-0.3, -0.25) is 4.90 Å². The van der Waals surface area contributed by atoms with Crippen LogP contribution >= 0.6 is 0 Å². The molecule has 0 atom stereocenters. The molecule has 0 spiro atoms. The van der Waals surface area contributed by atoms with Crippen LogP contribution in [0.5, 0.6) is 17.2 Å². The molecule has 2 aliphatic heterocycles. The van der Waals surface area contributed by atoms with Crippen LogP contribution in [0.25, 0.3) is 79.2 Å². The summed E-state index contributed by atoms with van der Waals surface area (Å²) in [7, 11) is 0. The predicted octanol–water partition coefficient (Wildman–Crippen LogP) is 13.9. The average molecular weight is 854 g/mol. The summed E-state index contributed by atoms with van der Waals surface area (Å²) in [6.07, 6.45) is 0. The van der Waals surface area contributed by atoms with Crippen LogP contribution in [0.15, 0.2) is 200 Å². The second-order valence-electron chi connectivity index (χ2n) is 16.7. The van der Waals surface area contributed by atoms with Crippen molar-refractivity contribution in [2.24, 2.45) is 0 Å². The molecule has 314 valence electrons. The van der Waals surface area contributed by atoms with Crippen molar-refractivity contribution in [3.8, 4) is 96.4 Å². The number of benzene rings is 8. The van der Waals surface area contributed by atoms with E-state index in [1.807, 2.05) is 144 Å². The minimum Gasteiger partial charge on any atom is -0.482 e. The first kappa shape index (κ1) is 38.8. The Morgan fingerprint density at radius 2 is 0.818 bits per heavy atom. The van der Waals surface area contributed by atoms with Crippen LogP contribution < -0.4 is 14.4 Å². The van der Waals surface area contributed by atoms with Crippen molar-refractivity contribution in [3.05, 3.63) is 206 Å². The van der Waals surface area contributed by atoms with E-state index >= 15 is 0 Å². The number of hydrogen-bond acceptors (Lipinski definition) is 9. The first-order valence-electron chi connectivity index (χ1n) is 21.9. The van der Waals surface area contributed by atoms with E-state index in [2.05, 4.69) is 74.5 Å². The Balaban J connectivity index is 1.09. The largest absolute Gasteiger partial charge is 0.482 e. The number of hydrogen-bond donors (Lipinski definition) is 0. The Hall–Kier alpha value is -8.82. The summed E-state index contributed by atoms with van der Waals surface area (Å²) in [6, 6.07) is 67.0. The number of rotatable bonds is 7. The highest BCUT2D eigenvalue weighted by Gasteiger charge is 2.33. The Bertz CT molecular complexity index is 3370. The van der Waals surface area contributed by atoms with Crippen LogP contribution in [0.1, 0.15) is 19.4 Å². The van der Waals surface area contributed by atoms with Crippen molar-refractivity contribution in [2.45, 2.75) is 19.4 Å². The SMILES string of the molecule is CC1(C)Oc2cc(-c3ccc(-c4nc(-c5ccccc5)nc(N5c6ccccc6Oc6ccccc65)n4)cc3-c3nc(-c4ccccc4)nc(-c4ccccc4)n3)ccc2-c2ccccc21. The Kier molecular flexibility index (Phi) is 9.27. The van der Waals surface area contributed by atoms with Crippen LogP contribution in [-0.4, -0.2) is 29.9 Å². The summed E-state index contributed by atoms with van der Waals surface area (Å²) in [5.41, 5.74) is 10.4. The topological polar surface area (TPSA) is 99.0 Å². The molecule has 0 saturated carbocycles. The van der Waals surface area contributed by atoms with Crippen LogP contribution in [0.2, 0.25) is 0 Å². The van der Waals surface area contributed by atoms with Gasteiger partial charge in [-0.15, -0.1) is 0 Å². The number of fused-ring (bicyclic) bond motifs is 5. The normalized spacial score (nSPS) is 13.0. The van der Waals surface area contributed by atoms with Crippen LogP contribution in [-0.2, 0) is 5.60 Å². The zero-order valence-electron chi connectivity index (χ0n) is 36.0. The molecule has 12 rings (SSSR count). The third kappa shape index (κ3) is 6.90. The standard InChI is InChI=1S/C57H39N7O2/c1-57(2)45-25-13-12-24-42(45)43-33-30-39(35-50(43)66-57)41-32-31-40(34-44(41)55-60-51(36-18-6-3-7-19-36)58-52(61-55)37-20-8-4-9-21-37)54-59-53(38-22-10-5-11-23-38)62-56(63-54)64-46-26-14-16-28-48(46)65-49-29-17-15-27-47(49)64/h3-35H,1-2H3. The third-order valence-electron chi connectivity index (χ3n) is 12.0. The minimum atomic E-state index is -0.535. The van der Waals surface area contributed by atoms with Crippen molar-refractivity contribution in [3.63, 3.8) is 0 Å². The third-order valence-corrected chi connectivity index (χ3v) is 12.0. The van der Waals surface area contributed by atoms with Gasteiger partial charge in [0.15, 0.2) is 40.6 Å². The van der Waals surface area contributed by atoms with E-state index in [0.29, 0.717) is 46.6 Å². The molecule has 9 heteroatoms. The van der Waals surface area contributed by atoms with Gasteiger partial charge in [0, 0.05) is 38.9 Å². The lowest BCUT2D eigenvalue weighted by Crippen LogP contribution is -2.29. The minimum absolute atomic E-state index is 0.445. The van der Waals surface area contributed by atoms with Crippen molar-refractivity contribution >= 4 is 17.3 Å². The summed E-state index contributed by atoms with van der Waals surface area (Å²) < 4.78 is 13.2. The smallest absolute Gasteiger partial charge is 0.239 e. The first-order valence-corrected chi connectivity index (χ1v) is 21.9. The molecule has 0 N–H and O–H groups in total. The number of aromatic nitrogens is 6. The monoisotopic (exact) mass is 853 g/mol. The highest BCUT2D eigenvalue weighted by molar-refractivity contribution is 5.89. The van der Waals surface area contributed by atoms with Crippen LogP contribution in [0.3, 0.4) is 0 Å². The van der Waals surface area contributed by atoms with Gasteiger partial charge in [0.2, 0.25) is 5.95 Å². The van der Waals surface area contributed by atoms with Gasteiger partial charge in [-0.2, -0.15) is 9.97 Å². The van der Waals surface area contributed by atoms with Crippen molar-refractivity contribution < 1.29 is 9.47 Å². The molecule has 0 unspecified atom stereocenters. The first-order chi connectivity index (χ1) is 32.4. The molecule has 2 aliphatic rings. The van der Waals surface area contributed by atoms with E-state index in [0.717, 1.165) is 72.8 Å². The van der Waals surface area contributed by atoms with Gasteiger partial charge in [-0.25, -0.2) is 19.9 Å². The summed E-state index contributed by atoms with van der Waals surface area (Å²) in [5.74, 6) is 5.25. The molecular formula is C57H39N7O2. The van der Waals surface area contributed by atoms with E-state index in [1.54, 1.807) is 0 Å². The van der Waals surface area contributed by atoms with Crippen molar-refractivity contribution in [1.29, 1.82) is 0 Å². The number of nitrogens with zero attached hydrogens (tertiary/aromatic N) is 7. The lowest BCUT2D eigenvalue weighted by atomic mass is 9.85. The Morgan fingerprint density at radius 3 is 1.42 bits per heavy atom. The van der Waals surface area contributed by atoms with Gasteiger partial charge >= 0.3 is 0 Å². The molecule has 0 aliphatic carbocycles. The highest BCUT2D eigenvalue weighted by atomic mass is 16.5. The van der Waals surface area contributed by atoms with E-state index < -0.39 is 5.60 Å². The van der Waals surface area contributed by atoms with Gasteiger partial charge in [-0.05, 0) is 66.9 Å². The maximum absolute atomic E-state index is 6.79. The van der Waals surface area contributed by atoms with Crippen LogP contribution in [0, 0.1) is 0 Å². The highest BCUT2D eigenvalue weighted by Crippen LogP contribution is 2.50. The number of anilines is 3. The second-order valence-corrected chi connectivity index (χ2v) is 16.7. The fourth-order valence-electron chi connectivity index (χ4n) is 8.85. The van der Waals surface area contributed by atoms with E-state index in [9.17, 15) is 0 Å². The number of ether oxygens (including phenoxy) is 2. The zero-order chi connectivity index (χ0) is 44.2. The lowest BCUT2D eigenvalue weighted by molar-refractivity contribution is 0.106. The molecule has 4 heterocycles. The molecule has 8 aromatic carbocycles. The molecule has 0 bridgehead atoms. The predicted molar refractivity (Wildman–Crippen MR) is 260 cm³/mol. The molecule has 0 radical (unpaired) electrons.